The Morgan fingerprint density at radius 3 is 2.50 bits per heavy atom. The Balaban J connectivity index is 2.12. The van der Waals surface area contributed by atoms with E-state index in [4.69, 9.17) is 4.98 Å². The summed E-state index contributed by atoms with van der Waals surface area (Å²) in [7, 11) is 0. The van der Waals surface area contributed by atoms with E-state index < -0.39 is 5.97 Å². The minimum atomic E-state index is -0.871. The van der Waals surface area contributed by atoms with E-state index in [1.165, 1.54) is 38.5 Å². The number of carboxylic acids is 1. The fourth-order valence-electron chi connectivity index (χ4n) is 3.31. The van der Waals surface area contributed by atoms with Gasteiger partial charge in [0.25, 0.3) is 0 Å². The Morgan fingerprint density at radius 2 is 1.79 bits per heavy atom. The van der Waals surface area contributed by atoms with Gasteiger partial charge >= 0.3 is 5.97 Å². The molecule has 1 N–H and O–H groups in total. The molecule has 0 bridgehead atoms. The minimum Gasteiger partial charge on any atom is -0.478 e. The van der Waals surface area contributed by atoms with E-state index >= 15 is 0 Å². The molecule has 0 fully saturated rings. The van der Waals surface area contributed by atoms with Crippen LogP contribution in [0, 0.1) is 0 Å². The second-order valence-corrected chi connectivity index (χ2v) is 6.58. The third-order valence-electron chi connectivity index (χ3n) is 4.78. The summed E-state index contributed by atoms with van der Waals surface area (Å²) >= 11 is 0. The summed E-state index contributed by atoms with van der Waals surface area (Å²) < 4.78 is 0. The number of unbranched alkanes of at least 4 members (excludes halogenated alkanes) is 5. The number of para-hydroxylation sites is 1. The molecule has 130 valence electrons. The molecule has 1 aromatic carbocycles. The first-order valence-electron chi connectivity index (χ1n) is 9.30. The molecule has 0 aliphatic heterocycles. The molecule has 24 heavy (non-hydrogen) atoms. The Morgan fingerprint density at radius 1 is 1.08 bits per heavy atom. The third kappa shape index (κ3) is 4.80. The normalized spacial score (nSPS) is 12.4. The van der Waals surface area contributed by atoms with Gasteiger partial charge in [-0.3, -0.25) is 4.98 Å². The molecule has 1 heterocycles. The van der Waals surface area contributed by atoms with Crippen molar-refractivity contribution in [2.75, 3.05) is 0 Å². The predicted molar refractivity (Wildman–Crippen MR) is 99.7 cm³/mol. The van der Waals surface area contributed by atoms with Crippen molar-refractivity contribution >= 4 is 16.9 Å². The van der Waals surface area contributed by atoms with Gasteiger partial charge in [-0.25, -0.2) is 4.79 Å². The smallest absolute Gasteiger partial charge is 0.336 e. The fraction of sp³-hybridized carbons (Fsp3) is 0.524. The summed E-state index contributed by atoms with van der Waals surface area (Å²) in [4.78, 5) is 16.4. The Labute approximate surface area is 145 Å². The van der Waals surface area contributed by atoms with Crippen LogP contribution in [0.1, 0.15) is 87.2 Å². The van der Waals surface area contributed by atoms with Gasteiger partial charge in [-0.05, 0) is 25.0 Å². The topological polar surface area (TPSA) is 50.2 Å². The average molecular weight is 327 g/mol. The minimum absolute atomic E-state index is 0.346. The maximum atomic E-state index is 11.6. The number of carbonyl (C=O) groups is 1. The van der Waals surface area contributed by atoms with Crippen LogP contribution in [-0.4, -0.2) is 16.1 Å². The van der Waals surface area contributed by atoms with Gasteiger partial charge in [-0.2, -0.15) is 0 Å². The van der Waals surface area contributed by atoms with Crippen molar-refractivity contribution in [1.29, 1.82) is 0 Å². The van der Waals surface area contributed by atoms with Crippen molar-refractivity contribution in [3.05, 3.63) is 41.6 Å². The highest BCUT2D eigenvalue weighted by atomic mass is 16.4. The number of carboxylic acid groups (broad SMARTS) is 1. The summed E-state index contributed by atoms with van der Waals surface area (Å²) in [5.74, 6) is -0.525. The van der Waals surface area contributed by atoms with Crippen LogP contribution in [0.25, 0.3) is 10.9 Å². The van der Waals surface area contributed by atoms with E-state index in [0.29, 0.717) is 11.5 Å². The molecule has 0 radical (unpaired) electrons. The lowest BCUT2D eigenvalue weighted by Crippen LogP contribution is -2.06. The van der Waals surface area contributed by atoms with Crippen LogP contribution in [0.5, 0.6) is 0 Å². The van der Waals surface area contributed by atoms with Gasteiger partial charge in [-0.15, -0.1) is 0 Å². The second-order valence-electron chi connectivity index (χ2n) is 6.58. The number of pyridine rings is 1. The molecule has 0 spiro atoms. The highest BCUT2D eigenvalue weighted by molar-refractivity contribution is 6.02. The Hall–Kier alpha value is -1.90. The van der Waals surface area contributed by atoms with Crippen LogP contribution in [0.2, 0.25) is 0 Å². The molecule has 3 nitrogen and oxygen atoms in total. The molecule has 3 heteroatoms. The summed E-state index contributed by atoms with van der Waals surface area (Å²) in [5.41, 5.74) is 2.09. The SMILES string of the molecule is CCCCCCCCC(CC)c1cc(C(=O)O)c2ccccc2n1. The van der Waals surface area contributed by atoms with Crippen molar-refractivity contribution in [3.8, 4) is 0 Å². The van der Waals surface area contributed by atoms with Gasteiger partial charge in [0.1, 0.15) is 0 Å². The summed E-state index contributed by atoms with van der Waals surface area (Å²) in [6.07, 6.45) is 9.77. The van der Waals surface area contributed by atoms with Crippen LogP contribution in [0.15, 0.2) is 30.3 Å². The van der Waals surface area contributed by atoms with E-state index in [9.17, 15) is 9.90 Å². The van der Waals surface area contributed by atoms with E-state index in [-0.39, 0.29) is 0 Å². The predicted octanol–water partition coefficient (Wildman–Crippen LogP) is 6.18. The van der Waals surface area contributed by atoms with Gasteiger partial charge < -0.3 is 5.11 Å². The van der Waals surface area contributed by atoms with E-state index in [1.807, 2.05) is 24.3 Å². The maximum Gasteiger partial charge on any atom is 0.336 e. The number of hydrogen-bond donors (Lipinski definition) is 1. The quantitative estimate of drug-likeness (QED) is 0.530. The van der Waals surface area contributed by atoms with Gasteiger partial charge in [0.15, 0.2) is 0 Å². The molecular weight excluding hydrogens is 298 g/mol. The molecule has 1 unspecified atom stereocenters. The largest absolute Gasteiger partial charge is 0.478 e. The van der Waals surface area contributed by atoms with Gasteiger partial charge in [0.2, 0.25) is 0 Å². The second kappa shape index (κ2) is 9.41. The van der Waals surface area contributed by atoms with E-state index in [0.717, 1.165) is 29.4 Å². The Kier molecular flexibility index (Phi) is 7.23. The molecule has 1 atom stereocenters. The monoisotopic (exact) mass is 327 g/mol. The van der Waals surface area contributed by atoms with Crippen LogP contribution < -0.4 is 0 Å². The lowest BCUT2D eigenvalue weighted by molar-refractivity contribution is 0.0699. The zero-order valence-corrected chi connectivity index (χ0v) is 14.9. The number of fused-ring (bicyclic) bond motifs is 1. The summed E-state index contributed by atoms with van der Waals surface area (Å²) in [5, 5.41) is 10.3. The van der Waals surface area contributed by atoms with Crippen molar-refractivity contribution in [2.24, 2.45) is 0 Å². The lowest BCUT2D eigenvalue weighted by atomic mass is 9.92. The van der Waals surface area contributed by atoms with Gasteiger partial charge in [0, 0.05) is 17.0 Å². The molecule has 0 amide bonds. The van der Waals surface area contributed by atoms with Crippen molar-refractivity contribution < 1.29 is 9.90 Å². The number of rotatable bonds is 10. The molecule has 2 rings (SSSR count). The van der Waals surface area contributed by atoms with Crippen molar-refractivity contribution in [1.82, 2.24) is 4.98 Å². The van der Waals surface area contributed by atoms with Crippen LogP contribution >= 0.6 is 0 Å². The van der Waals surface area contributed by atoms with Gasteiger partial charge in [0.05, 0.1) is 11.1 Å². The van der Waals surface area contributed by atoms with Crippen molar-refractivity contribution in [2.45, 2.75) is 71.1 Å². The van der Waals surface area contributed by atoms with Crippen LogP contribution in [-0.2, 0) is 0 Å². The first-order valence-corrected chi connectivity index (χ1v) is 9.30. The Bertz CT molecular complexity index is 666. The number of aromatic nitrogens is 1. The number of hydrogen-bond acceptors (Lipinski definition) is 2. The van der Waals surface area contributed by atoms with E-state index in [2.05, 4.69) is 13.8 Å². The molecule has 2 aromatic rings. The summed E-state index contributed by atoms with van der Waals surface area (Å²) in [6, 6.07) is 9.31. The first-order chi connectivity index (χ1) is 11.7. The fourth-order valence-corrected chi connectivity index (χ4v) is 3.31. The maximum absolute atomic E-state index is 11.6. The van der Waals surface area contributed by atoms with Gasteiger partial charge in [-0.1, -0.05) is 70.6 Å². The van der Waals surface area contributed by atoms with Crippen molar-refractivity contribution in [3.63, 3.8) is 0 Å². The zero-order chi connectivity index (χ0) is 17.4. The lowest BCUT2D eigenvalue weighted by Gasteiger charge is -2.16. The standard InChI is InChI=1S/C21H29NO2/c1-3-5-6-7-8-9-12-16(4-2)20-15-18(21(23)24)17-13-10-11-14-19(17)22-20/h10-11,13-16H,3-9,12H2,1-2H3,(H,23,24). The first kappa shape index (κ1) is 18.4. The number of nitrogens with zero attached hydrogens (tertiary/aromatic N) is 1. The highest BCUT2D eigenvalue weighted by Crippen LogP contribution is 2.28. The van der Waals surface area contributed by atoms with Crippen LogP contribution in [0.4, 0.5) is 0 Å². The summed E-state index contributed by atoms with van der Waals surface area (Å²) in [6.45, 7) is 4.40. The zero-order valence-electron chi connectivity index (χ0n) is 14.9. The third-order valence-corrected chi connectivity index (χ3v) is 4.78. The van der Waals surface area contributed by atoms with E-state index in [1.54, 1.807) is 6.07 Å². The number of benzene rings is 1. The van der Waals surface area contributed by atoms with Crippen LogP contribution in [0.3, 0.4) is 0 Å². The molecule has 0 aliphatic rings. The molecule has 1 aromatic heterocycles. The molecule has 0 aliphatic carbocycles. The average Bonchev–Trinajstić information content (AvgIpc) is 2.60. The number of aromatic carboxylic acids is 1. The molecule has 0 saturated carbocycles. The molecular formula is C21H29NO2. The molecule has 0 saturated heterocycles. The highest BCUT2D eigenvalue weighted by Gasteiger charge is 2.16.